The molecule has 0 atom stereocenters. The van der Waals surface area contributed by atoms with E-state index in [0.717, 1.165) is 15.6 Å². The van der Waals surface area contributed by atoms with Crippen molar-refractivity contribution in [1.82, 2.24) is 0 Å². The van der Waals surface area contributed by atoms with E-state index in [-0.39, 0.29) is 11.7 Å². The summed E-state index contributed by atoms with van der Waals surface area (Å²) in [5, 5.41) is 3.22. The van der Waals surface area contributed by atoms with Crippen molar-refractivity contribution in [2.45, 2.75) is 0 Å². The largest absolute Gasteiger partial charge is 0.321 e. The molecule has 31 heavy (non-hydrogen) atoms. The van der Waals surface area contributed by atoms with E-state index >= 15 is 0 Å². The van der Waals surface area contributed by atoms with Crippen LogP contribution >= 0.6 is 27.5 Å². The lowest BCUT2D eigenvalue weighted by Gasteiger charge is -2.12. The van der Waals surface area contributed by atoms with Crippen molar-refractivity contribution in [2.75, 3.05) is 5.32 Å². The normalized spacial score (nSPS) is 10.5. The van der Waals surface area contributed by atoms with E-state index in [0.29, 0.717) is 27.4 Å². The second kappa shape index (κ2) is 9.29. The highest BCUT2D eigenvalue weighted by molar-refractivity contribution is 9.10. The van der Waals surface area contributed by atoms with Crippen LogP contribution in [0.5, 0.6) is 0 Å². The molecule has 1 amide bonds. The number of carbonyl (C=O) groups excluding carboxylic acids is 2. The highest BCUT2D eigenvalue weighted by Gasteiger charge is 2.18. The summed E-state index contributed by atoms with van der Waals surface area (Å²) in [5.74, 6) is -0.559. The standard InChI is InChI=1S/C26H17BrClNO2/c27-20-14-15-24(22(16-20)25(30)21-8-4-5-9-23(21)28)29-26(31)19-12-10-18(11-13-19)17-6-2-1-3-7-17/h1-16H,(H,29,31). The van der Waals surface area contributed by atoms with Gasteiger partial charge in [-0.25, -0.2) is 0 Å². The number of hydrogen-bond donors (Lipinski definition) is 1. The molecule has 4 rings (SSSR count). The fraction of sp³-hybridized carbons (Fsp3) is 0. The van der Waals surface area contributed by atoms with E-state index in [1.165, 1.54) is 0 Å². The first-order valence-electron chi connectivity index (χ1n) is 9.58. The van der Waals surface area contributed by atoms with Gasteiger partial charge in [-0.05, 0) is 53.6 Å². The molecule has 0 aliphatic carbocycles. The molecule has 0 saturated carbocycles. The molecular formula is C26H17BrClNO2. The number of benzene rings is 4. The number of halogens is 2. The van der Waals surface area contributed by atoms with Crippen molar-refractivity contribution in [2.24, 2.45) is 0 Å². The topological polar surface area (TPSA) is 46.2 Å². The smallest absolute Gasteiger partial charge is 0.255 e. The maximum atomic E-state index is 13.1. The van der Waals surface area contributed by atoms with Gasteiger partial charge in [0, 0.05) is 21.2 Å². The SMILES string of the molecule is O=C(Nc1ccc(Br)cc1C(=O)c1ccccc1Cl)c1ccc(-c2ccccc2)cc1. The van der Waals surface area contributed by atoms with Gasteiger partial charge in [0.15, 0.2) is 5.78 Å². The Morgan fingerprint density at radius 3 is 2.06 bits per heavy atom. The van der Waals surface area contributed by atoms with E-state index in [1.807, 2.05) is 42.5 Å². The predicted molar refractivity (Wildman–Crippen MR) is 129 cm³/mol. The van der Waals surface area contributed by atoms with Crippen molar-refractivity contribution < 1.29 is 9.59 Å². The lowest BCUT2D eigenvalue weighted by atomic mass is 10.0. The minimum atomic E-state index is -0.296. The average Bonchev–Trinajstić information content (AvgIpc) is 2.81. The Labute approximate surface area is 193 Å². The summed E-state index contributed by atoms with van der Waals surface area (Å²) in [5.41, 5.74) is 3.76. The maximum absolute atomic E-state index is 13.1. The summed E-state index contributed by atoms with van der Waals surface area (Å²) in [4.78, 5) is 26.0. The Hall–Kier alpha value is -3.21. The molecule has 0 unspecified atom stereocenters. The number of amides is 1. The van der Waals surface area contributed by atoms with E-state index in [4.69, 9.17) is 11.6 Å². The van der Waals surface area contributed by atoms with Gasteiger partial charge < -0.3 is 5.32 Å². The summed E-state index contributed by atoms with van der Waals surface area (Å²) < 4.78 is 0.730. The quantitative estimate of drug-likeness (QED) is 0.299. The third-order valence-corrected chi connectivity index (χ3v) is 5.67. The molecule has 0 aliphatic rings. The number of nitrogens with one attached hydrogen (secondary N) is 1. The minimum absolute atomic E-state index is 0.262. The number of rotatable bonds is 5. The van der Waals surface area contributed by atoms with Crippen molar-refractivity contribution >= 4 is 44.9 Å². The number of carbonyl (C=O) groups is 2. The van der Waals surface area contributed by atoms with Crippen molar-refractivity contribution in [3.63, 3.8) is 0 Å². The van der Waals surface area contributed by atoms with Gasteiger partial charge >= 0.3 is 0 Å². The van der Waals surface area contributed by atoms with Gasteiger partial charge in [0.05, 0.1) is 10.7 Å². The van der Waals surface area contributed by atoms with E-state index in [2.05, 4.69) is 21.2 Å². The van der Waals surface area contributed by atoms with Crippen LogP contribution in [-0.2, 0) is 0 Å². The van der Waals surface area contributed by atoms with Gasteiger partial charge in [0.1, 0.15) is 0 Å². The number of ketones is 1. The summed E-state index contributed by atoms with van der Waals surface area (Å²) in [6.07, 6.45) is 0. The minimum Gasteiger partial charge on any atom is -0.321 e. The lowest BCUT2D eigenvalue weighted by Crippen LogP contribution is -2.15. The zero-order valence-electron chi connectivity index (χ0n) is 16.3. The van der Waals surface area contributed by atoms with Crippen molar-refractivity contribution in [3.8, 4) is 11.1 Å². The second-order valence-electron chi connectivity index (χ2n) is 6.90. The molecule has 0 bridgehead atoms. The van der Waals surface area contributed by atoms with Crippen LogP contribution in [0.2, 0.25) is 5.02 Å². The highest BCUT2D eigenvalue weighted by atomic mass is 79.9. The first kappa shape index (κ1) is 21.0. The monoisotopic (exact) mass is 489 g/mol. The van der Waals surface area contributed by atoms with Crippen LogP contribution in [0.25, 0.3) is 11.1 Å². The van der Waals surface area contributed by atoms with Crippen molar-refractivity contribution in [3.05, 3.63) is 123 Å². The van der Waals surface area contributed by atoms with E-state index < -0.39 is 0 Å². The summed E-state index contributed by atoms with van der Waals surface area (Å²) in [6, 6.07) is 29.3. The Morgan fingerprint density at radius 2 is 1.35 bits per heavy atom. The van der Waals surface area contributed by atoms with Crippen LogP contribution in [0.15, 0.2) is 102 Å². The zero-order chi connectivity index (χ0) is 21.8. The lowest BCUT2D eigenvalue weighted by molar-refractivity contribution is 0.102. The molecule has 0 spiro atoms. The van der Waals surface area contributed by atoms with Gasteiger partial charge in [-0.1, -0.05) is 82.1 Å². The van der Waals surface area contributed by atoms with Crippen LogP contribution in [0.4, 0.5) is 5.69 Å². The van der Waals surface area contributed by atoms with Crippen LogP contribution in [0.3, 0.4) is 0 Å². The Kier molecular flexibility index (Phi) is 6.31. The van der Waals surface area contributed by atoms with Gasteiger partial charge in [-0.3, -0.25) is 9.59 Å². The molecule has 4 aromatic rings. The third-order valence-electron chi connectivity index (χ3n) is 4.85. The molecule has 5 heteroatoms. The third kappa shape index (κ3) is 4.76. The first-order chi connectivity index (χ1) is 15.0. The van der Waals surface area contributed by atoms with Crippen LogP contribution in [-0.4, -0.2) is 11.7 Å². The Morgan fingerprint density at radius 1 is 0.710 bits per heavy atom. The average molecular weight is 491 g/mol. The van der Waals surface area contributed by atoms with Crippen LogP contribution in [0.1, 0.15) is 26.3 Å². The Balaban J connectivity index is 1.60. The molecule has 1 N–H and O–H groups in total. The Bertz CT molecular complexity index is 1250. The molecule has 4 aromatic carbocycles. The summed E-state index contributed by atoms with van der Waals surface area (Å²) in [7, 11) is 0. The molecule has 0 aromatic heterocycles. The number of anilines is 1. The summed E-state index contributed by atoms with van der Waals surface area (Å²) >= 11 is 9.61. The molecule has 0 saturated heterocycles. The van der Waals surface area contributed by atoms with Gasteiger partial charge in [0.2, 0.25) is 0 Å². The summed E-state index contributed by atoms with van der Waals surface area (Å²) in [6.45, 7) is 0. The van der Waals surface area contributed by atoms with Crippen LogP contribution < -0.4 is 5.32 Å². The van der Waals surface area contributed by atoms with Gasteiger partial charge in [-0.2, -0.15) is 0 Å². The van der Waals surface area contributed by atoms with Crippen LogP contribution in [0, 0.1) is 0 Å². The molecule has 0 aliphatic heterocycles. The van der Waals surface area contributed by atoms with Gasteiger partial charge in [0.25, 0.3) is 5.91 Å². The highest BCUT2D eigenvalue weighted by Crippen LogP contribution is 2.27. The fourth-order valence-corrected chi connectivity index (χ4v) is 3.83. The zero-order valence-corrected chi connectivity index (χ0v) is 18.7. The van der Waals surface area contributed by atoms with Gasteiger partial charge in [-0.15, -0.1) is 0 Å². The molecule has 0 heterocycles. The second-order valence-corrected chi connectivity index (χ2v) is 8.22. The maximum Gasteiger partial charge on any atom is 0.255 e. The molecule has 3 nitrogen and oxygen atoms in total. The molecular weight excluding hydrogens is 474 g/mol. The predicted octanol–water partition coefficient (Wildman–Crippen LogP) is 7.25. The molecule has 0 fully saturated rings. The van der Waals surface area contributed by atoms with Crippen molar-refractivity contribution in [1.29, 1.82) is 0 Å². The van der Waals surface area contributed by atoms with E-state index in [1.54, 1.807) is 54.6 Å². The molecule has 0 radical (unpaired) electrons. The number of hydrogen-bond acceptors (Lipinski definition) is 2. The first-order valence-corrected chi connectivity index (χ1v) is 10.8. The van der Waals surface area contributed by atoms with E-state index in [9.17, 15) is 9.59 Å². The fourth-order valence-electron chi connectivity index (χ4n) is 3.24. The molecule has 152 valence electrons.